The number of benzene rings is 1. The van der Waals surface area contributed by atoms with Crippen LogP contribution in [0.2, 0.25) is 0 Å². The molecular weight excluding hydrogens is 270 g/mol. The van der Waals surface area contributed by atoms with Gasteiger partial charge < -0.3 is 10.1 Å². The largest absolute Gasteiger partial charge is 0.495 e. The Balaban J connectivity index is 1.85. The Kier molecular flexibility index (Phi) is 3.31. The molecule has 0 radical (unpaired) electrons. The Bertz CT molecular complexity index is 837. The lowest BCUT2D eigenvalue weighted by Crippen LogP contribution is -2.14. The second-order valence-corrected chi connectivity index (χ2v) is 4.60. The summed E-state index contributed by atoms with van der Waals surface area (Å²) in [5.74, 6) is 1.74. The maximum absolute atomic E-state index is 11.8. The Morgan fingerprint density at radius 2 is 2.14 bits per heavy atom. The number of hydrogen-bond donors (Lipinski definition) is 2. The highest BCUT2D eigenvalue weighted by Crippen LogP contribution is 2.23. The van der Waals surface area contributed by atoms with Crippen LogP contribution in [0.1, 0.15) is 11.5 Å². The lowest BCUT2D eigenvalue weighted by atomic mass is 10.3. The lowest BCUT2D eigenvalue weighted by molar-refractivity contribution is 0.416. The van der Waals surface area contributed by atoms with Gasteiger partial charge in [-0.3, -0.25) is 9.89 Å². The third-order valence-corrected chi connectivity index (χ3v) is 3.06. The van der Waals surface area contributed by atoms with Crippen LogP contribution in [0.25, 0.3) is 5.78 Å². The molecule has 0 spiro atoms. The van der Waals surface area contributed by atoms with Gasteiger partial charge in [0.05, 0.1) is 19.3 Å². The van der Waals surface area contributed by atoms with E-state index in [0.29, 0.717) is 23.8 Å². The van der Waals surface area contributed by atoms with Crippen molar-refractivity contribution in [1.82, 2.24) is 19.6 Å². The summed E-state index contributed by atoms with van der Waals surface area (Å²) >= 11 is 0. The zero-order valence-electron chi connectivity index (χ0n) is 11.8. The third kappa shape index (κ3) is 2.58. The molecule has 0 saturated heterocycles. The van der Waals surface area contributed by atoms with Crippen molar-refractivity contribution in [1.29, 1.82) is 0 Å². The molecule has 2 aromatic heterocycles. The molecular formula is C14H15N5O2. The van der Waals surface area contributed by atoms with Crippen molar-refractivity contribution in [2.75, 3.05) is 12.4 Å². The number of fused-ring (bicyclic) bond motifs is 1. The van der Waals surface area contributed by atoms with Crippen molar-refractivity contribution in [2.24, 2.45) is 0 Å². The molecule has 0 atom stereocenters. The van der Waals surface area contributed by atoms with Crippen LogP contribution < -0.4 is 15.6 Å². The molecule has 0 saturated carbocycles. The molecule has 1 aromatic carbocycles. The quantitative estimate of drug-likeness (QED) is 0.756. The first-order valence-electron chi connectivity index (χ1n) is 6.49. The van der Waals surface area contributed by atoms with E-state index in [0.717, 1.165) is 11.4 Å². The number of nitrogens with zero attached hydrogens (tertiary/aromatic N) is 3. The molecule has 2 N–H and O–H groups in total. The molecule has 108 valence electrons. The highest BCUT2D eigenvalue weighted by Gasteiger charge is 2.07. The van der Waals surface area contributed by atoms with E-state index in [2.05, 4.69) is 20.4 Å². The molecule has 0 bridgehead atoms. The topological polar surface area (TPSA) is 84.3 Å². The molecule has 0 aliphatic carbocycles. The van der Waals surface area contributed by atoms with Gasteiger partial charge in [0.2, 0.25) is 0 Å². The number of rotatable bonds is 4. The highest BCUT2D eigenvalue weighted by molar-refractivity contribution is 5.56. The SMILES string of the molecule is COc1ccccc1NCc1nc2nc(C)cc(=O)n2[nH]1. The predicted molar refractivity (Wildman–Crippen MR) is 78.7 cm³/mol. The van der Waals surface area contributed by atoms with Crippen LogP contribution in [0.5, 0.6) is 5.75 Å². The molecule has 3 rings (SSSR count). The summed E-state index contributed by atoms with van der Waals surface area (Å²) in [7, 11) is 1.62. The molecule has 0 aliphatic rings. The Labute approximate surface area is 120 Å². The van der Waals surface area contributed by atoms with Gasteiger partial charge in [-0.2, -0.15) is 9.50 Å². The molecule has 7 nitrogen and oxygen atoms in total. The maximum atomic E-state index is 11.8. The monoisotopic (exact) mass is 285 g/mol. The van der Waals surface area contributed by atoms with Gasteiger partial charge >= 0.3 is 0 Å². The maximum Gasteiger partial charge on any atom is 0.274 e. The number of aromatic nitrogens is 4. The second-order valence-electron chi connectivity index (χ2n) is 4.60. The summed E-state index contributed by atoms with van der Waals surface area (Å²) in [6, 6.07) is 9.06. The van der Waals surface area contributed by atoms with Crippen LogP contribution in [-0.2, 0) is 6.54 Å². The first-order valence-corrected chi connectivity index (χ1v) is 6.49. The van der Waals surface area contributed by atoms with Gasteiger partial charge in [0, 0.05) is 11.8 Å². The third-order valence-electron chi connectivity index (χ3n) is 3.06. The summed E-state index contributed by atoms with van der Waals surface area (Å²) in [6.45, 7) is 2.20. The number of para-hydroxylation sites is 2. The van der Waals surface area contributed by atoms with Crippen molar-refractivity contribution >= 4 is 11.5 Å². The summed E-state index contributed by atoms with van der Waals surface area (Å²) < 4.78 is 6.59. The number of H-pyrrole nitrogens is 1. The number of hydrogen-bond acceptors (Lipinski definition) is 5. The van der Waals surface area contributed by atoms with E-state index < -0.39 is 0 Å². The summed E-state index contributed by atoms with van der Waals surface area (Å²) in [4.78, 5) is 20.3. The molecule has 0 fully saturated rings. The minimum atomic E-state index is -0.173. The van der Waals surface area contributed by atoms with Crippen LogP contribution in [-0.4, -0.2) is 26.7 Å². The van der Waals surface area contributed by atoms with Gasteiger partial charge in [-0.1, -0.05) is 12.1 Å². The zero-order chi connectivity index (χ0) is 14.8. The first kappa shape index (κ1) is 13.2. The number of methoxy groups -OCH3 is 1. The van der Waals surface area contributed by atoms with E-state index in [9.17, 15) is 4.79 Å². The fraction of sp³-hybridized carbons (Fsp3) is 0.214. The zero-order valence-corrected chi connectivity index (χ0v) is 11.8. The highest BCUT2D eigenvalue weighted by atomic mass is 16.5. The van der Waals surface area contributed by atoms with E-state index in [4.69, 9.17) is 4.74 Å². The van der Waals surface area contributed by atoms with Gasteiger partial charge in [-0.05, 0) is 19.1 Å². The minimum Gasteiger partial charge on any atom is -0.495 e. The predicted octanol–water partition coefficient (Wildman–Crippen LogP) is 1.35. The minimum absolute atomic E-state index is 0.173. The van der Waals surface area contributed by atoms with Crippen molar-refractivity contribution in [2.45, 2.75) is 13.5 Å². The average Bonchev–Trinajstić information content (AvgIpc) is 2.88. The fourth-order valence-electron chi connectivity index (χ4n) is 2.09. The van der Waals surface area contributed by atoms with Crippen LogP contribution in [0.4, 0.5) is 5.69 Å². The van der Waals surface area contributed by atoms with Crippen LogP contribution in [0.15, 0.2) is 35.1 Å². The normalized spacial score (nSPS) is 10.8. The van der Waals surface area contributed by atoms with Crippen LogP contribution >= 0.6 is 0 Å². The summed E-state index contributed by atoms with van der Waals surface area (Å²) in [6.07, 6.45) is 0. The summed E-state index contributed by atoms with van der Waals surface area (Å²) in [5.41, 5.74) is 1.33. The first-order chi connectivity index (χ1) is 10.2. The van der Waals surface area contributed by atoms with E-state index in [1.165, 1.54) is 10.6 Å². The Hall–Kier alpha value is -2.83. The fourth-order valence-corrected chi connectivity index (χ4v) is 2.09. The van der Waals surface area contributed by atoms with Crippen molar-refractivity contribution < 1.29 is 4.74 Å². The van der Waals surface area contributed by atoms with Crippen LogP contribution in [0.3, 0.4) is 0 Å². The van der Waals surface area contributed by atoms with Gasteiger partial charge in [0.1, 0.15) is 11.6 Å². The van der Waals surface area contributed by atoms with Crippen molar-refractivity contribution in [3.05, 3.63) is 52.2 Å². The smallest absolute Gasteiger partial charge is 0.274 e. The van der Waals surface area contributed by atoms with Gasteiger partial charge in [-0.25, -0.2) is 4.98 Å². The van der Waals surface area contributed by atoms with E-state index >= 15 is 0 Å². The molecule has 7 heteroatoms. The molecule has 0 aliphatic heterocycles. The number of aryl methyl sites for hydroxylation is 1. The average molecular weight is 285 g/mol. The van der Waals surface area contributed by atoms with Gasteiger partial charge in [0.25, 0.3) is 11.3 Å². The van der Waals surface area contributed by atoms with E-state index in [1.807, 2.05) is 24.3 Å². The molecule has 0 amide bonds. The molecule has 3 aromatic rings. The van der Waals surface area contributed by atoms with Gasteiger partial charge in [-0.15, -0.1) is 0 Å². The van der Waals surface area contributed by atoms with E-state index in [1.54, 1.807) is 14.0 Å². The number of anilines is 1. The number of aromatic amines is 1. The number of nitrogens with one attached hydrogen (secondary N) is 2. The van der Waals surface area contributed by atoms with Gasteiger partial charge in [0.15, 0.2) is 0 Å². The number of ether oxygens (including phenoxy) is 1. The second kappa shape index (κ2) is 5.28. The lowest BCUT2D eigenvalue weighted by Gasteiger charge is -2.09. The summed E-state index contributed by atoms with van der Waals surface area (Å²) in [5, 5.41) is 6.14. The van der Waals surface area contributed by atoms with Crippen LogP contribution in [0, 0.1) is 6.92 Å². The Morgan fingerprint density at radius 3 is 2.95 bits per heavy atom. The van der Waals surface area contributed by atoms with Crippen molar-refractivity contribution in [3.8, 4) is 5.75 Å². The molecule has 0 unspecified atom stereocenters. The Morgan fingerprint density at radius 1 is 1.33 bits per heavy atom. The van der Waals surface area contributed by atoms with E-state index in [-0.39, 0.29) is 5.56 Å². The standard InChI is InChI=1S/C14H15N5O2/c1-9-7-13(20)19-14(16-9)17-12(18-19)8-15-10-5-3-4-6-11(10)21-2/h3-7,15H,8H2,1-2H3,(H,16,17,18). The molecule has 2 heterocycles. The van der Waals surface area contributed by atoms with Crippen molar-refractivity contribution in [3.63, 3.8) is 0 Å². The molecule has 21 heavy (non-hydrogen) atoms.